The molecule has 4 nitrogen and oxygen atoms in total. The van der Waals surface area contributed by atoms with Crippen molar-refractivity contribution >= 4 is 72.2 Å². The smallest absolute Gasteiger partial charge is 0 e. The molecular formula is C68H67GeIrN3O-2. The van der Waals surface area contributed by atoms with Crippen LogP contribution >= 0.6 is 0 Å². The first-order valence-electron chi connectivity index (χ1n) is 26.4. The molecule has 0 N–H and O–H groups in total. The Balaban J connectivity index is 0.000000315. The van der Waals surface area contributed by atoms with Crippen molar-refractivity contribution in [2.75, 3.05) is 0 Å². The average molecular weight is 1210 g/mol. The standard InChI is InChI=1S/C54H51N2O.C14H16GeN.Ir/c1-32(2)41-28-37(35-23-24-45-46(30-35)54(7,8)26-14-25-53(45,5)6)29-42(33(3)4)50(41)56-48-20-12-11-19-47(48)55-52(56)40-18-13-17-39-44-27-36-22-21-34-15-9-10-16-38(34)43(36)31-49(44)57-51(39)40;1-15(2,3)13-9-10-14(16-11-13)12-7-5-4-6-8-12;/h9-13,15-17,19-24,27-33H,14,25-26H2,1-8H3;4-7,9-11H,1-3H3;/q2*-1;. The van der Waals surface area contributed by atoms with Gasteiger partial charge in [0.2, 0.25) is 0 Å². The fourth-order valence-corrected chi connectivity index (χ4v) is 13.7. The molecular weight excluding hydrogens is 1140 g/mol. The van der Waals surface area contributed by atoms with Gasteiger partial charge in [-0.05, 0) is 127 Å². The molecule has 0 aliphatic heterocycles. The van der Waals surface area contributed by atoms with Crippen LogP contribution in [0.4, 0.5) is 0 Å². The molecule has 3 aromatic heterocycles. The van der Waals surface area contributed by atoms with Gasteiger partial charge in [-0.25, -0.2) is 0 Å². The maximum absolute atomic E-state index is 6.92. The third-order valence-electron chi connectivity index (χ3n) is 15.7. The van der Waals surface area contributed by atoms with Crippen LogP contribution in [0.1, 0.15) is 109 Å². The van der Waals surface area contributed by atoms with Crippen LogP contribution in [0.5, 0.6) is 0 Å². The van der Waals surface area contributed by atoms with Gasteiger partial charge in [0.15, 0.2) is 0 Å². The zero-order valence-corrected chi connectivity index (χ0v) is 49.4. The van der Waals surface area contributed by atoms with Gasteiger partial charge in [0.05, 0.1) is 22.4 Å². The number of para-hydroxylation sites is 2. The molecule has 1 aliphatic rings. The van der Waals surface area contributed by atoms with E-state index in [1.54, 1.807) is 0 Å². The molecule has 0 fully saturated rings. The number of hydrogen-bond donors (Lipinski definition) is 0. The Morgan fingerprint density at radius 3 is 2.01 bits per heavy atom. The molecule has 0 spiro atoms. The van der Waals surface area contributed by atoms with Crippen LogP contribution in [0.25, 0.3) is 94.0 Å². The van der Waals surface area contributed by atoms with Gasteiger partial charge in [0.1, 0.15) is 5.58 Å². The van der Waals surface area contributed by atoms with E-state index in [9.17, 15) is 0 Å². The van der Waals surface area contributed by atoms with Crippen molar-refractivity contribution < 1.29 is 24.5 Å². The Morgan fingerprint density at radius 2 is 1.31 bits per heavy atom. The number of rotatable bonds is 7. The summed E-state index contributed by atoms with van der Waals surface area (Å²) in [7, 11) is 0. The summed E-state index contributed by atoms with van der Waals surface area (Å²) >= 11 is -1.72. The molecule has 1 aliphatic carbocycles. The van der Waals surface area contributed by atoms with E-state index < -0.39 is 13.3 Å². The number of imidazole rings is 1. The maximum atomic E-state index is 6.92. The molecule has 375 valence electrons. The molecule has 1 radical (unpaired) electrons. The maximum Gasteiger partial charge on any atom is 0 e. The fourth-order valence-electron chi connectivity index (χ4n) is 11.5. The SMILES string of the molecule is CC(C)c1cc(-c2ccc3c(c2)C(C)(C)CCCC3(C)C)cc(C(C)C)c1-n1c(-c2[c-]ccc3c2oc2cc4c(ccc5ccccc54)cc23)nc2ccccc21.[CH3][Ge]([CH3])([CH3])[c]1ccc(-c2[c-]cccc2)nc1.[Ir]. The Bertz CT molecular complexity index is 3840. The van der Waals surface area contributed by atoms with Gasteiger partial charge in [0, 0.05) is 31.2 Å². The third kappa shape index (κ3) is 9.39. The minimum Gasteiger partial charge on any atom is 0 e. The van der Waals surface area contributed by atoms with Crippen molar-refractivity contribution in [1.29, 1.82) is 0 Å². The van der Waals surface area contributed by atoms with Gasteiger partial charge in [-0.2, -0.15) is 0 Å². The second-order valence-corrected chi connectivity index (χ2v) is 34.1. The molecule has 0 saturated heterocycles. The van der Waals surface area contributed by atoms with Crippen LogP contribution in [-0.2, 0) is 30.9 Å². The van der Waals surface area contributed by atoms with Crippen molar-refractivity contribution in [1.82, 2.24) is 14.5 Å². The molecule has 6 heteroatoms. The van der Waals surface area contributed by atoms with E-state index in [0.717, 1.165) is 55.6 Å². The second kappa shape index (κ2) is 19.9. The van der Waals surface area contributed by atoms with Crippen LogP contribution in [0.2, 0.25) is 17.3 Å². The van der Waals surface area contributed by atoms with Crippen LogP contribution in [0.15, 0.2) is 162 Å². The van der Waals surface area contributed by atoms with Crippen molar-refractivity contribution in [2.45, 2.75) is 115 Å². The molecule has 3 heterocycles. The topological polar surface area (TPSA) is 43.9 Å². The Hall–Kier alpha value is -6.11. The summed E-state index contributed by atoms with van der Waals surface area (Å²) in [5, 5.41) is 7.04. The average Bonchev–Trinajstić information content (AvgIpc) is 3.93. The molecule has 12 rings (SSSR count). The zero-order valence-electron chi connectivity index (χ0n) is 44.9. The quantitative estimate of drug-likeness (QED) is 0.0691. The van der Waals surface area contributed by atoms with Gasteiger partial charge in [-0.1, -0.05) is 139 Å². The van der Waals surface area contributed by atoms with Crippen molar-refractivity contribution in [3.63, 3.8) is 0 Å². The predicted molar refractivity (Wildman–Crippen MR) is 313 cm³/mol. The summed E-state index contributed by atoms with van der Waals surface area (Å²) < 4.78 is 10.8. The van der Waals surface area contributed by atoms with Gasteiger partial charge in [0.25, 0.3) is 0 Å². The molecule has 8 aromatic carbocycles. The van der Waals surface area contributed by atoms with Gasteiger partial charge in [-0.15, -0.1) is 18.2 Å². The number of aromatic nitrogens is 3. The van der Waals surface area contributed by atoms with Crippen LogP contribution in [-0.4, -0.2) is 27.8 Å². The van der Waals surface area contributed by atoms with Crippen molar-refractivity contribution in [3.05, 3.63) is 192 Å². The molecule has 0 atom stereocenters. The number of fused-ring (bicyclic) bond motifs is 8. The van der Waals surface area contributed by atoms with E-state index >= 15 is 0 Å². The second-order valence-electron chi connectivity index (χ2n) is 23.5. The van der Waals surface area contributed by atoms with Gasteiger partial charge in [-0.3, -0.25) is 4.98 Å². The number of nitrogens with zero attached hydrogens (tertiary/aromatic N) is 3. The fraction of sp³-hybridized carbons (Fsp3) is 0.265. The summed E-state index contributed by atoms with van der Waals surface area (Å²) in [4.78, 5) is 9.95. The molecule has 74 heavy (non-hydrogen) atoms. The number of hydrogen-bond acceptors (Lipinski definition) is 3. The van der Waals surface area contributed by atoms with Crippen LogP contribution in [0.3, 0.4) is 0 Å². The summed E-state index contributed by atoms with van der Waals surface area (Å²) in [6.07, 6.45) is 5.72. The first-order chi connectivity index (χ1) is 35.0. The van der Waals surface area contributed by atoms with E-state index in [4.69, 9.17) is 9.40 Å². The van der Waals surface area contributed by atoms with Gasteiger partial charge < -0.3 is 8.98 Å². The van der Waals surface area contributed by atoms with Crippen molar-refractivity contribution in [2.24, 2.45) is 0 Å². The first kappa shape index (κ1) is 51.4. The monoisotopic (exact) mass is 1210 g/mol. The Kier molecular flexibility index (Phi) is 13.8. The van der Waals surface area contributed by atoms with Gasteiger partial charge >= 0.3 is 99.8 Å². The zero-order chi connectivity index (χ0) is 51.0. The van der Waals surface area contributed by atoms with Crippen LogP contribution < -0.4 is 4.40 Å². The molecule has 0 saturated carbocycles. The third-order valence-corrected chi connectivity index (χ3v) is 20.0. The minimum absolute atomic E-state index is 0. The Labute approximate surface area is 454 Å². The Morgan fingerprint density at radius 1 is 0.608 bits per heavy atom. The van der Waals surface area contributed by atoms with Crippen molar-refractivity contribution in [3.8, 4) is 39.5 Å². The first-order valence-corrected chi connectivity index (χ1v) is 33.7. The predicted octanol–water partition coefficient (Wildman–Crippen LogP) is 18.4. The van der Waals surface area contributed by atoms with E-state index in [-0.39, 0.29) is 42.8 Å². The minimum atomic E-state index is -1.72. The van der Waals surface area contributed by atoms with E-state index in [2.05, 4.69) is 216 Å². The summed E-state index contributed by atoms with van der Waals surface area (Å²) in [6, 6.07) is 61.6. The molecule has 0 bridgehead atoms. The molecule has 11 aromatic rings. The largest absolute Gasteiger partial charge is 0 e. The van der Waals surface area contributed by atoms with E-state index in [1.807, 2.05) is 36.5 Å². The van der Waals surface area contributed by atoms with E-state index in [1.165, 1.54) is 84.3 Å². The summed E-state index contributed by atoms with van der Waals surface area (Å²) in [6.45, 7) is 19.0. The van der Waals surface area contributed by atoms with Crippen LogP contribution in [0, 0.1) is 12.1 Å². The number of furan rings is 1. The molecule has 0 amide bonds. The summed E-state index contributed by atoms with van der Waals surface area (Å²) in [5.41, 5.74) is 16.4. The van der Waals surface area contributed by atoms with E-state index in [0.29, 0.717) is 0 Å². The normalized spacial score (nSPS) is 14.3. The summed E-state index contributed by atoms with van der Waals surface area (Å²) in [5.74, 6) is 8.51. The number of benzene rings is 8. The number of pyridine rings is 1. The molecule has 0 unspecified atom stereocenters.